The van der Waals surface area contributed by atoms with Crippen LogP contribution in [-0.2, 0) is 4.79 Å². The summed E-state index contributed by atoms with van der Waals surface area (Å²) >= 11 is 7.46. The summed E-state index contributed by atoms with van der Waals surface area (Å²) in [6, 6.07) is 12.1. The van der Waals surface area contributed by atoms with Crippen molar-refractivity contribution in [3.05, 3.63) is 59.2 Å². The number of hydrogen-bond donors (Lipinski definition) is 0. The first kappa shape index (κ1) is 18.0. The van der Waals surface area contributed by atoms with Gasteiger partial charge in [0.05, 0.1) is 10.9 Å². The third-order valence-electron chi connectivity index (χ3n) is 4.48. The molecule has 1 aliphatic rings. The number of rotatable bonds is 4. The monoisotopic (exact) mass is 403 g/mol. The van der Waals surface area contributed by atoms with E-state index in [4.69, 9.17) is 16.1 Å². The molecule has 1 aromatic heterocycles. The molecule has 5 nitrogen and oxygen atoms in total. The number of thioether (sulfide) groups is 1. The number of amides is 1. The van der Waals surface area contributed by atoms with Crippen LogP contribution in [-0.4, -0.2) is 28.8 Å². The summed E-state index contributed by atoms with van der Waals surface area (Å²) in [6.07, 6.45) is 2.31. The fourth-order valence-electron chi connectivity index (χ4n) is 3.04. The molecule has 0 bridgehead atoms. The van der Waals surface area contributed by atoms with E-state index in [1.165, 1.54) is 18.2 Å². The number of carbonyl (C=O) groups excluding carboxylic acids is 1. The van der Waals surface area contributed by atoms with Crippen LogP contribution in [0.5, 0.6) is 0 Å². The number of hydrogen-bond acceptors (Lipinski definition) is 5. The van der Waals surface area contributed by atoms with Crippen molar-refractivity contribution < 1.29 is 13.7 Å². The number of anilines is 1. The number of carbonyl (C=O) groups is 1. The van der Waals surface area contributed by atoms with Crippen molar-refractivity contribution in [1.29, 1.82) is 0 Å². The number of halogens is 2. The predicted octanol–water partition coefficient (Wildman–Crippen LogP) is 4.77. The van der Waals surface area contributed by atoms with E-state index < -0.39 is 5.82 Å². The minimum atomic E-state index is -0.506. The second-order valence-electron chi connectivity index (χ2n) is 6.19. The third kappa shape index (κ3) is 3.57. The van der Waals surface area contributed by atoms with Gasteiger partial charge in [-0.15, -0.1) is 11.8 Å². The molecule has 1 unspecified atom stereocenters. The maximum Gasteiger partial charge on any atom is 0.232 e. The zero-order chi connectivity index (χ0) is 19.0. The van der Waals surface area contributed by atoms with Crippen molar-refractivity contribution >= 4 is 35.0 Å². The van der Waals surface area contributed by atoms with Gasteiger partial charge in [-0.3, -0.25) is 4.79 Å². The summed E-state index contributed by atoms with van der Waals surface area (Å²) in [7, 11) is 0. The van der Waals surface area contributed by atoms with E-state index in [-0.39, 0.29) is 16.8 Å². The average Bonchev–Trinajstić information content (AvgIpc) is 3.31. The molecule has 138 valence electrons. The summed E-state index contributed by atoms with van der Waals surface area (Å²) < 4.78 is 18.7. The van der Waals surface area contributed by atoms with Crippen molar-refractivity contribution in [3.63, 3.8) is 0 Å². The molecule has 3 aromatic rings. The van der Waals surface area contributed by atoms with Gasteiger partial charge in [-0.25, -0.2) is 4.39 Å². The Morgan fingerprint density at radius 2 is 2.04 bits per heavy atom. The number of benzene rings is 2. The lowest BCUT2D eigenvalue weighted by atomic mass is 10.1. The molecule has 4 rings (SSSR count). The minimum Gasteiger partial charge on any atom is -0.339 e. The smallest absolute Gasteiger partial charge is 0.232 e. The Labute approximate surface area is 164 Å². The van der Waals surface area contributed by atoms with Crippen molar-refractivity contribution in [2.45, 2.75) is 17.2 Å². The molecule has 8 heteroatoms. The molecule has 1 amide bonds. The Hall–Kier alpha value is -2.38. The summed E-state index contributed by atoms with van der Waals surface area (Å²) in [4.78, 5) is 19.7. The van der Waals surface area contributed by atoms with Gasteiger partial charge in [-0.05, 0) is 48.7 Å². The Kier molecular flexibility index (Phi) is 4.88. The standard InChI is InChI=1S/C19H15ClFN3O2S/c1-27-14-5-3-13(4-6-14)24-10-12(9-17(24)25)19-22-18(23-26-19)11-2-7-16(21)15(20)8-11/h2-8,12H,9-10H2,1H3. The van der Waals surface area contributed by atoms with Gasteiger partial charge >= 0.3 is 0 Å². The van der Waals surface area contributed by atoms with Crippen LogP contribution < -0.4 is 4.90 Å². The van der Waals surface area contributed by atoms with Crippen LogP contribution in [0.2, 0.25) is 5.02 Å². The van der Waals surface area contributed by atoms with Crippen LogP contribution >= 0.6 is 23.4 Å². The molecule has 1 atom stereocenters. The van der Waals surface area contributed by atoms with Gasteiger partial charge in [0.1, 0.15) is 5.82 Å². The Balaban J connectivity index is 1.53. The molecule has 1 saturated heterocycles. The highest BCUT2D eigenvalue weighted by Gasteiger charge is 2.35. The Morgan fingerprint density at radius 1 is 1.26 bits per heavy atom. The van der Waals surface area contributed by atoms with Crippen LogP contribution in [0.4, 0.5) is 10.1 Å². The van der Waals surface area contributed by atoms with E-state index in [1.807, 2.05) is 30.5 Å². The number of nitrogens with zero attached hydrogens (tertiary/aromatic N) is 3. The van der Waals surface area contributed by atoms with E-state index in [0.717, 1.165) is 10.6 Å². The Morgan fingerprint density at radius 3 is 2.74 bits per heavy atom. The molecule has 27 heavy (non-hydrogen) atoms. The lowest BCUT2D eigenvalue weighted by molar-refractivity contribution is -0.117. The summed E-state index contributed by atoms with van der Waals surface area (Å²) in [6.45, 7) is 0.475. The molecule has 0 spiro atoms. The Bertz CT molecular complexity index is 993. The third-order valence-corrected chi connectivity index (χ3v) is 5.51. The lowest BCUT2D eigenvalue weighted by Gasteiger charge is -2.16. The molecule has 0 aliphatic carbocycles. The summed E-state index contributed by atoms with van der Waals surface area (Å²) in [5.74, 6) is 0.0363. The first-order valence-corrected chi connectivity index (χ1v) is 9.89. The van der Waals surface area contributed by atoms with Gasteiger partial charge in [0.2, 0.25) is 17.6 Å². The molecule has 0 radical (unpaired) electrons. The van der Waals surface area contributed by atoms with E-state index in [2.05, 4.69) is 10.1 Å². The molecule has 2 heterocycles. The van der Waals surface area contributed by atoms with Crippen molar-refractivity contribution in [2.24, 2.45) is 0 Å². The maximum atomic E-state index is 13.3. The highest BCUT2D eigenvalue weighted by molar-refractivity contribution is 7.98. The fraction of sp³-hybridized carbons (Fsp3) is 0.211. The van der Waals surface area contributed by atoms with Gasteiger partial charge in [0, 0.05) is 29.1 Å². The van der Waals surface area contributed by atoms with E-state index in [1.54, 1.807) is 16.7 Å². The number of aromatic nitrogens is 2. The topological polar surface area (TPSA) is 59.2 Å². The van der Waals surface area contributed by atoms with Crippen LogP contribution in [0, 0.1) is 5.82 Å². The predicted molar refractivity (Wildman–Crippen MR) is 103 cm³/mol. The normalized spacial score (nSPS) is 16.9. The first-order valence-electron chi connectivity index (χ1n) is 8.28. The van der Waals surface area contributed by atoms with Gasteiger partial charge in [0.25, 0.3) is 0 Å². The maximum absolute atomic E-state index is 13.3. The zero-order valence-corrected chi connectivity index (χ0v) is 15.9. The van der Waals surface area contributed by atoms with Crippen LogP contribution in [0.1, 0.15) is 18.2 Å². The second-order valence-corrected chi connectivity index (χ2v) is 7.48. The molecule has 1 aliphatic heterocycles. The summed E-state index contributed by atoms with van der Waals surface area (Å²) in [5.41, 5.74) is 1.41. The minimum absolute atomic E-state index is 0.00485. The fourth-order valence-corrected chi connectivity index (χ4v) is 3.63. The van der Waals surface area contributed by atoms with Gasteiger partial charge in [-0.2, -0.15) is 4.98 Å². The zero-order valence-electron chi connectivity index (χ0n) is 14.4. The molecule has 0 saturated carbocycles. The summed E-state index contributed by atoms with van der Waals surface area (Å²) in [5, 5.41) is 3.94. The van der Waals surface area contributed by atoms with Gasteiger partial charge < -0.3 is 9.42 Å². The highest BCUT2D eigenvalue weighted by atomic mass is 35.5. The highest BCUT2D eigenvalue weighted by Crippen LogP contribution is 2.33. The molecule has 1 fully saturated rings. The van der Waals surface area contributed by atoms with Gasteiger partial charge in [-0.1, -0.05) is 16.8 Å². The quantitative estimate of drug-likeness (QED) is 0.587. The largest absolute Gasteiger partial charge is 0.339 e. The van der Waals surface area contributed by atoms with Crippen molar-refractivity contribution in [1.82, 2.24) is 10.1 Å². The second kappa shape index (κ2) is 7.32. The van der Waals surface area contributed by atoms with E-state index in [0.29, 0.717) is 30.2 Å². The first-order chi connectivity index (χ1) is 13.0. The molecular weight excluding hydrogens is 389 g/mol. The van der Waals surface area contributed by atoms with E-state index in [9.17, 15) is 9.18 Å². The van der Waals surface area contributed by atoms with Crippen LogP contribution in [0.25, 0.3) is 11.4 Å². The van der Waals surface area contributed by atoms with Gasteiger partial charge in [0.15, 0.2) is 0 Å². The average molecular weight is 404 g/mol. The molecule has 0 N–H and O–H groups in total. The van der Waals surface area contributed by atoms with Crippen LogP contribution in [0.3, 0.4) is 0 Å². The van der Waals surface area contributed by atoms with Crippen molar-refractivity contribution in [3.8, 4) is 11.4 Å². The van der Waals surface area contributed by atoms with Crippen LogP contribution in [0.15, 0.2) is 51.9 Å². The lowest BCUT2D eigenvalue weighted by Crippen LogP contribution is -2.24. The SMILES string of the molecule is CSc1ccc(N2CC(c3nc(-c4ccc(F)c(Cl)c4)no3)CC2=O)cc1. The molecular formula is C19H15ClFN3O2S. The van der Waals surface area contributed by atoms with E-state index >= 15 is 0 Å². The van der Waals surface area contributed by atoms with Crippen molar-refractivity contribution in [2.75, 3.05) is 17.7 Å². The molecule has 2 aromatic carbocycles.